The Kier molecular flexibility index (Phi) is 12.6. The van der Waals surface area contributed by atoms with Crippen LogP contribution in [-0.2, 0) is 14.4 Å². The fourth-order valence-corrected chi connectivity index (χ4v) is 0.973. The molecule has 0 saturated carbocycles. The highest BCUT2D eigenvalue weighted by atomic mass is 16.4. The first-order valence-electron chi connectivity index (χ1n) is 5.73. The summed E-state index contributed by atoms with van der Waals surface area (Å²) in [6.07, 6.45) is 1.78. The Hall–Kier alpha value is -1.75. The van der Waals surface area contributed by atoms with Crippen LogP contribution in [0.15, 0.2) is 0 Å². The van der Waals surface area contributed by atoms with E-state index in [2.05, 4.69) is 11.1 Å². The second kappa shape index (κ2) is 12.3. The minimum atomic E-state index is -1.18. The monoisotopic (exact) mass is 295 g/mol. The SMILES string of the molecule is NCC(=O)O.N[C@@H](CO)C(=O)O.O=C(O)[C@@H]1CCCN1. The van der Waals surface area contributed by atoms with Crippen LogP contribution in [0.1, 0.15) is 12.8 Å². The van der Waals surface area contributed by atoms with Gasteiger partial charge in [-0.25, -0.2) is 0 Å². The van der Waals surface area contributed by atoms with Crippen LogP contribution in [0.2, 0.25) is 0 Å². The number of carbonyl (C=O) groups is 3. The molecule has 0 amide bonds. The van der Waals surface area contributed by atoms with Gasteiger partial charge in [-0.3, -0.25) is 14.4 Å². The van der Waals surface area contributed by atoms with Gasteiger partial charge in [0.2, 0.25) is 0 Å². The first-order chi connectivity index (χ1) is 9.26. The number of carboxylic acids is 3. The van der Waals surface area contributed by atoms with Crippen molar-refractivity contribution in [3.63, 3.8) is 0 Å². The van der Waals surface area contributed by atoms with Gasteiger partial charge in [-0.2, -0.15) is 0 Å². The van der Waals surface area contributed by atoms with Gasteiger partial charge >= 0.3 is 17.9 Å². The molecule has 0 spiro atoms. The molecule has 2 atom stereocenters. The first kappa shape index (κ1) is 20.6. The van der Waals surface area contributed by atoms with E-state index in [1.165, 1.54) is 0 Å². The Balaban J connectivity index is 0. The Morgan fingerprint density at radius 1 is 1.25 bits per heavy atom. The molecule has 0 aromatic rings. The van der Waals surface area contributed by atoms with Gasteiger partial charge in [0.15, 0.2) is 0 Å². The summed E-state index contributed by atoms with van der Waals surface area (Å²) in [5, 5.41) is 34.7. The van der Waals surface area contributed by atoms with Crippen LogP contribution in [0.25, 0.3) is 0 Å². The fourth-order valence-electron chi connectivity index (χ4n) is 0.973. The third-order valence-corrected chi connectivity index (χ3v) is 2.05. The third kappa shape index (κ3) is 12.7. The lowest BCUT2D eigenvalue weighted by Crippen LogP contribution is -2.33. The summed E-state index contributed by atoms with van der Waals surface area (Å²) in [5.74, 6) is -2.87. The quantitative estimate of drug-likeness (QED) is 0.285. The van der Waals surface area contributed by atoms with Crippen LogP contribution >= 0.6 is 0 Å². The summed E-state index contributed by atoms with van der Waals surface area (Å²) >= 11 is 0. The maximum atomic E-state index is 10.1. The van der Waals surface area contributed by atoms with Crippen LogP contribution in [0.3, 0.4) is 0 Å². The van der Waals surface area contributed by atoms with Crippen molar-refractivity contribution in [2.45, 2.75) is 24.9 Å². The maximum absolute atomic E-state index is 10.1. The number of aliphatic hydroxyl groups excluding tert-OH is 1. The zero-order valence-electron chi connectivity index (χ0n) is 10.9. The zero-order chi connectivity index (χ0) is 16.1. The van der Waals surface area contributed by atoms with E-state index in [9.17, 15) is 14.4 Å². The van der Waals surface area contributed by atoms with E-state index in [-0.39, 0.29) is 12.6 Å². The lowest BCUT2D eigenvalue weighted by molar-refractivity contribution is -0.140. The second-order valence-electron chi connectivity index (χ2n) is 3.71. The highest BCUT2D eigenvalue weighted by molar-refractivity contribution is 5.73. The Morgan fingerprint density at radius 3 is 1.85 bits per heavy atom. The number of aliphatic carboxylic acids is 3. The topological polar surface area (TPSA) is 196 Å². The van der Waals surface area contributed by atoms with E-state index in [1.807, 2.05) is 0 Å². The van der Waals surface area contributed by atoms with Crippen LogP contribution in [0, 0.1) is 0 Å². The lowest BCUT2D eigenvalue weighted by atomic mass is 10.2. The first-order valence-corrected chi connectivity index (χ1v) is 5.73. The van der Waals surface area contributed by atoms with Gasteiger partial charge < -0.3 is 37.2 Å². The molecule has 1 aliphatic rings. The summed E-state index contributed by atoms with van der Waals surface area (Å²) in [4.78, 5) is 29.0. The molecular weight excluding hydrogens is 274 g/mol. The Morgan fingerprint density at radius 2 is 1.75 bits per heavy atom. The molecule has 0 unspecified atom stereocenters. The van der Waals surface area contributed by atoms with Gasteiger partial charge in [0.05, 0.1) is 13.2 Å². The van der Waals surface area contributed by atoms with Gasteiger partial charge in [-0.15, -0.1) is 0 Å². The van der Waals surface area contributed by atoms with Gasteiger partial charge in [-0.05, 0) is 19.4 Å². The Bertz CT molecular complexity index is 305. The van der Waals surface area contributed by atoms with Crippen molar-refractivity contribution in [3.8, 4) is 0 Å². The minimum absolute atomic E-state index is 0.269. The lowest BCUT2D eigenvalue weighted by Gasteiger charge is -1.99. The average Bonchev–Trinajstić information content (AvgIpc) is 2.93. The van der Waals surface area contributed by atoms with Crippen LogP contribution in [0.4, 0.5) is 0 Å². The summed E-state index contributed by atoms with van der Waals surface area (Å²) in [7, 11) is 0. The number of nitrogens with one attached hydrogen (secondary N) is 1. The molecule has 0 aliphatic carbocycles. The molecule has 1 aliphatic heterocycles. The van der Waals surface area contributed by atoms with E-state index >= 15 is 0 Å². The van der Waals surface area contributed by atoms with Crippen molar-refractivity contribution in [2.75, 3.05) is 19.7 Å². The fraction of sp³-hybridized carbons (Fsp3) is 0.700. The smallest absolute Gasteiger partial charge is 0.322 e. The number of carboxylic acid groups (broad SMARTS) is 3. The van der Waals surface area contributed by atoms with E-state index in [1.54, 1.807) is 0 Å². The van der Waals surface area contributed by atoms with Crippen molar-refractivity contribution >= 4 is 17.9 Å². The molecule has 10 heteroatoms. The van der Waals surface area contributed by atoms with Crippen LogP contribution in [-0.4, -0.2) is 70.1 Å². The minimum Gasteiger partial charge on any atom is -0.480 e. The van der Waals surface area contributed by atoms with E-state index < -0.39 is 30.6 Å². The summed E-state index contributed by atoms with van der Waals surface area (Å²) < 4.78 is 0. The molecule has 1 fully saturated rings. The molecule has 118 valence electrons. The Labute approximate surface area is 115 Å². The van der Waals surface area contributed by atoms with E-state index in [0.717, 1.165) is 19.4 Å². The molecule has 20 heavy (non-hydrogen) atoms. The number of hydrogen-bond donors (Lipinski definition) is 7. The van der Waals surface area contributed by atoms with Crippen molar-refractivity contribution in [1.29, 1.82) is 0 Å². The summed E-state index contributed by atoms with van der Waals surface area (Å²) in [6.45, 7) is 0.0757. The predicted octanol–water partition coefficient (Wildman–Crippen LogP) is -2.76. The van der Waals surface area contributed by atoms with Crippen molar-refractivity contribution in [2.24, 2.45) is 11.5 Å². The zero-order valence-corrected chi connectivity index (χ0v) is 10.9. The normalized spacial score (nSPS) is 17.9. The number of rotatable bonds is 4. The summed E-state index contributed by atoms with van der Waals surface area (Å²) in [5.41, 5.74) is 9.34. The molecule has 9 N–H and O–H groups in total. The highest BCUT2D eigenvalue weighted by Crippen LogP contribution is 2.03. The van der Waals surface area contributed by atoms with Gasteiger partial charge in [0, 0.05) is 0 Å². The highest BCUT2D eigenvalue weighted by Gasteiger charge is 2.20. The van der Waals surface area contributed by atoms with Crippen LogP contribution in [0.5, 0.6) is 0 Å². The molecule has 0 radical (unpaired) electrons. The predicted molar refractivity (Wildman–Crippen MR) is 68.0 cm³/mol. The molecule has 1 rings (SSSR count). The average molecular weight is 295 g/mol. The van der Waals surface area contributed by atoms with Gasteiger partial charge in [0.25, 0.3) is 0 Å². The molecular formula is C10H21N3O7. The van der Waals surface area contributed by atoms with E-state index in [4.69, 9.17) is 26.2 Å². The van der Waals surface area contributed by atoms with Crippen LogP contribution < -0.4 is 16.8 Å². The second-order valence-corrected chi connectivity index (χ2v) is 3.71. The number of aliphatic hydroxyl groups is 1. The maximum Gasteiger partial charge on any atom is 0.322 e. The molecule has 0 bridgehead atoms. The molecule has 1 saturated heterocycles. The molecule has 1 heterocycles. The van der Waals surface area contributed by atoms with Gasteiger partial charge in [-0.1, -0.05) is 0 Å². The number of hydrogen-bond acceptors (Lipinski definition) is 7. The largest absolute Gasteiger partial charge is 0.480 e. The molecule has 10 nitrogen and oxygen atoms in total. The van der Waals surface area contributed by atoms with Gasteiger partial charge in [0.1, 0.15) is 12.1 Å². The van der Waals surface area contributed by atoms with Crippen molar-refractivity contribution in [3.05, 3.63) is 0 Å². The molecule has 0 aromatic heterocycles. The summed E-state index contributed by atoms with van der Waals surface area (Å²) in [6, 6.07) is -1.39. The number of nitrogens with two attached hydrogens (primary N) is 2. The van der Waals surface area contributed by atoms with Crippen molar-refractivity contribution < 1.29 is 34.8 Å². The van der Waals surface area contributed by atoms with Crippen molar-refractivity contribution in [1.82, 2.24) is 5.32 Å². The standard InChI is InChI=1S/C5H9NO2.C3H7NO3.C2H5NO2/c7-5(8)4-2-1-3-6-4;4-2(1-5)3(6)7;3-1-2(4)5/h4,6H,1-3H2,(H,7,8);2,5H,1,4H2,(H,6,7);1,3H2,(H,4,5)/t4-;2-;/m00./s1. The van der Waals surface area contributed by atoms with E-state index in [0.29, 0.717) is 0 Å². The third-order valence-electron chi connectivity index (χ3n) is 2.05. The molecule has 0 aromatic carbocycles.